The van der Waals surface area contributed by atoms with Gasteiger partial charge in [-0.05, 0) is 12.8 Å². The van der Waals surface area contributed by atoms with Gasteiger partial charge in [0.1, 0.15) is 73.2 Å². The molecule has 0 bridgehead atoms. The Bertz CT molecular complexity index is 1070. The van der Waals surface area contributed by atoms with Crippen LogP contribution in [0.5, 0.6) is 0 Å². The minimum atomic E-state index is -1.96. The van der Waals surface area contributed by atoms with Crippen LogP contribution in [0.25, 0.3) is 0 Å². The fraction of sp³-hybridized carbons (Fsp3) is 0.973. The van der Waals surface area contributed by atoms with Gasteiger partial charge >= 0.3 is 0 Å². The highest BCUT2D eigenvalue weighted by atomic mass is 16.8. The molecule has 3 fully saturated rings. The van der Waals surface area contributed by atoms with Gasteiger partial charge in [-0.1, -0.05) is 78.1 Å². The second-order valence-electron chi connectivity index (χ2n) is 15.1. The highest BCUT2D eigenvalue weighted by molar-refractivity contribution is 5.76. The largest absolute Gasteiger partial charge is 0.394 e. The lowest BCUT2D eigenvalue weighted by Gasteiger charge is -2.48. The Morgan fingerprint density at radius 1 is 0.571 bits per heavy atom. The SMILES string of the molecule is CCCCCCCCCCCC(O)C(COC1OC(CO)C(OC2OC(CO)C(OC3OC(CO)C(O)C(O)C3O)C(O)C2O)C(O)C1O)NC(=O)CCCC. The highest BCUT2D eigenvalue weighted by Crippen LogP contribution is 2.33. The van der Waals surface area contributed by atoms with Crippen molar-refractivity contribution in [2.24, 2.45) is 0 Å². The van der Waals surface area contributed by atoms with Gasteiger partial charge in [0.05, 0.1) is 38.6 Å². The van der Waals surface area contributed by atoms with Gasteiger partial charge in [0.2, 0.25) is 5.91 Å². The molecule has 0 aromatic heterocycles. The van der Waals surface area contributed by atoms with Gasteiger partial charge in [0.25, 0.3) is 0 Å². The summed E-state index contributed by atoms with van der Waals surface area (Å²) in [6, 6.07) is -0.872. The smallest absolute Gasteiger partial charge is 0.220 e. The van der Waals surface area contributed by atoms with Crippen LogP contribution >= 0.6 is 0 Å². The van der Waals surface area contributed by atoms with Gasteiger partial charge in [-0.3, -0.25) is 4.79 Å². The average molecular weight is 816 g/mol. The number of aliphatic hydroxyl groups excluding tert-OH is 11. The van der Waals surface area contributed by atoms with E-state index in [9.17, 15) is 61.0 Å². The van der Waals surface area contributed by atoms with Gasteiger partial charge in [0, 0.05) is 6.42 Å². The molecule has 3 heterocycles. The van der Waals surface area contributed by atoms with Crippen LogP contribution in [0.1, 0.15) is 97.3 Å². The van der Waals surface area contributed by atoms with Crippen LogP contribution in [0.2, 0.25) is 0 Å². The molecule has 56 heavy (non-hydrogen) atoms. The number of ether oxygens (including phenoxy) is 6. The maximum Gasteiger partial charge on any atom is 0.220 e. The molecule has 17 atom stereocenters. The van der Waals surface area contributed by atoms with Crippen molar-refractivity contribution < 1.29 is 89.4 Å². The Morgan fingerprint density at radius 3 is 1.54 bits per heavy atom. The number of rotatable bonds is 25. The number of aliphatic hydroxyl groups is 11. The van der Waals surface area contributed by atoms with Crippen molar-refractivity contribution in [3.63, 3.8) is 0 Å². The third-order valence-electron chi connectivity index (χ3n) is 10.7. The van der Waals surface area contributed by atoms with E-state index in [1.54, 1.807) is 0 Å². The van der Waals surface area contributed by atoms with E-state index in [4.69, 9.17) is 28.4 Å². The summed E-state index contributed by atoms with van der Waals surface area (Å²) in [5.74, 6) is -0.284. The molecule has 3 aliphatic heterocycles. The molecule has 19 heteroatoms. The van der Waals surface area contributed by atoms with E-state index in [0.717, 1.165) is 32.1 Å². The summed E-state index contributed by atoms with van der Waals surface area (Å²) in [5.41, 5.74) is 0. The number of carbonyl (C=O) groups is 1. The van der Waals surface area contributed by atoms with Gasteiger partial charge in [-0.2, -0.15) is 0 Å². The Morgan fingerprint density at radius 2 is 1.02 bits per heavy atom. The molecule has 17 unspecified atom stereocenters. The first-order chi connectivity index (χ1) is 26.8. The number of hydrogen-bond donors (Lipinski definition) is 12. The predicted octanol–water partition coefficient (Wildman–Crippen LogP) is -2.59. The summed E-state index contributed by atoms with van der Waals surface area (Å²) in [5, 5.41) is 118. The maximum atomic E-state index is 12.7. The lowest BCUT2D eigenvalue weighted by molar-refractivity contribution is -0.379. The normalized spacial score (nSPS) is 37.6. The van der Waals surface area contributed by atoms with E-state index in [-0.39, 0.29) is 18.9 Å². The predicted molar refractivity (Wildman–Crippen MR) is 194 cm³/mol. The third-order valence-corrected chi connectivity index (χ3v) is 10.7. The topological polar surface area (TPSA) is 307 Å². The molecule has 0 radical (unpaired) electrons. The first kappa shape index (κ1) is 49.2. The molecular weight excluding hydrogens is 746 g/mol. The Kier molecular flexibility index (Phi) is 22.3. The first-order valence-electron chi connectivity index (χ1n) is 20.3. The fourth-order valence-corrected chi connectivity index (χ4v) is 7.11. The molecule has 330 valence electrons. The zero-order valence-corrected chi connectivity index (χ0v) is 32.6. The van der Waals surface area contributed by atoms with Crippen LogP contribution in [0.4, 0.5) is 0 Å². The van der Waals surface area contributed by atoms with Crippen molar-refractivity contribution in [2.75, 3.05) is 26.4 Å². The van der Waals surface area contributed by atoms with E-state index in [1.165, 1.54) is 32.1 Å². The lowest BCUT2D eigenvalue weighted by atomic mass is 9.96. The maximum absolute atomic E-state index is 12.7. The Hall–Kier alpha value is -1.21. The quantitative estimate of drug-likeness (QED) is 0.0421. The number of carbonyl (C=O) groups excluding carboxylic acids is 1. The molecule has 12 N–H and O–H groups in total. The van der Waals surface area contributed by atoms with Crippen LogP contribution < -0.4 is 5.32 Å². The summed E-state index contributed by atoms with van der Waals surface area (Å²) in [6.45, 7) is 1.42. The first-order valence-corrected chi connectivity index (χ1v) is 20.3. The lowest BCUT2D eigenvalue weighted by Crippen LogP contribution is -2.66. The molecule has 0 spiro atoms. The fourth-order valence-electron chi connectivity index (χ4n) is 7.11. The van der Waals surface area contributed by atoms with Crippen molar-refractivity contribution in [1.29, 1.82) is 0 Å². The molecule has 0 saturated carbocycles. The molecule has 0 aliphatic carbocycles. The number of amides is 1. The molecular formula is C37H69NO18. The number of hydrogen-bond acceptors (Lipinski definition) is 18. The van der Waals surface area contributed by atoms with Crippen molar-refractivity contribution in [3.8, 4) is 0 Å². The Labute approximate surface area is 328 Å². The van der Waals surface area contributed by atoms with Crippen LogP contribution in [-0.2, 0) is 33.2 Å². The molecule has 0 aromatic carbocycles. The number of nitrogens with one attached hydrogen (secondary N) is 1. The molecule has 3 saturated heterocycles. The zero-order valence-electron chi connectivity index (χ0n) is 32.6. The van der Waals surface area contributed by atoms with E-state index in [1.807, 2.05) is 6.92 Å². The minimum Gasteiger partial charge on any atom is -0.394 e. The van der Waals surface area contributed by atoms with Crippen molar-refractivity contribution in [2.45, 2.75) is 202 Å². The van der Waals surface area contributed by atoms with Gasteiger partial charge in [-0.15, -0.1) is 0 Å². The van der Waals surface area contributed by atoms with E-state index in [2.05, 4.69) is 12.2 Å². The zero-order chi connectivity index (χ0) is 41.4. The molecule has 3 rings (SSSR count). The summed E-state index contributed by atoms with van der Waals surface area (Å²) >= 11 is 0. The second-order valence-corrected chi connectivity index (χ2v) is 15.1. The summed E-state index contributed by atoms with van der Waals surface area (Å²) in [7, 11) is 0. The van der Waals surface area contributed by atoms with Crippen LogP contribution in [0.3, 0.4) is 0 Å². The monoisotopic (exact) mass is 815 g/mol. The standard InChI is InChI=1S/C37H69NO18/c1-3-5-7-8-9-10-11-12-13-14-21(42)20(38-25(43)15-6-4-2)19-51-35-31(49)28(46)33(23(17-40)53-35)56-37-32(50)29(47)34(24(18-41)54-37)55-36-30(48)27(45)26(44)22(16-39)52-36/h20-24,26-37,39-42,44-50H,3-19H2,1-2H3,(H,38,43). The van der Waals surface area contributed by atoms with E-state index < -0.39 is 124 Å². The minimum absolute atomic E-state index is 0.242. The second kappa shape index (κ2) is 25.4. The van der Waals surface area contributed by atoms with Crippen molar-refractivity contribution in [1.82, 2.24) is 5.32 Å². The molecule has 3 aliphatic rings. The van der Waals surface area contributed by atoms with Crippen LogP contribution in [-0.4, -0.2) is 193 Å². The summed E-state index contributed by atoms with van der Waals surface area (Å²) < 4.78 is 33.7. The summed E-state index contributed by atoms with van der Waals surface area (Å²) in [4.78, 5) is 12.7. The number of unbranched alkanes of at least 4 members (excludes halogenated alkanes) is 9. The molecule has 1 amide bonds. The van der Waals surface area contributed by atoms with Crippen molar-refractivity contribution in [3.05, 3.63) is 0 Å². The average Bonchev–Trinajstić information content (AvgIpc) is 3.19. The molecule has 0 aromatic rings. The van der Waals surface area contributed by atoms with Gasteiger partial charge in [-0.25, -0.2) is 0 Å². The third kappa shape index (κ3) is 13.9. The molecule has 19 nitrogen and oxygen atoms in total. The summed E-state index contributed by atoms with van der Waals surface area (Å²) in [6.07, 6.45) is -14.5. The highest BCUT2D eigenvalue weighted by Gasteiger charge is 2.53. The van der Waals surface area contributed by atoms with E-state index in [0.29, 0.717) is 12.8 Å². The van der Waals surface area contributed by atoms with E-state index >= 15 is 0 Å². The van der Waals surface area contributed by atoms with Crippen LogP contribution in [0, 0.1) is 0 Å². The van der Waals surface area contributed by atoms with Crippen molar-refractivity contribution >= 4 is 5.91 Å². The van der Waals surface area contributed by atoms with Gasteiger partial charge < -0.3 is 89.9 Å². The van der Waals surface area contributed by atoms with Gasteiger partial charge in [0.15, 0.2) is 18.9 Å². The van der Waals surface area contributed by atoms with Crippen LogP contribution in [0.15, 0.2) is 0 Å². The Balaban J connectivity index is 1.60.